The second-order valence-corrected chi connectivity index (χ2v) is 5.96. The van der Waals surface area contributed by atoms with Gasteiger partial charge in [-0.05, 0) is 35.1 Å². The number of benzene rings is 3. The van der Waals surface area contributed by atoms with Crippen LogP contribution in [0.3, 0.4) is 0 Å². The van der Waals surface area contributed by atoms with Gasteiger partial charge >= 0.3 is 0 Å². The first kappa shape index (κ1) is 16.8. The first-order chi connectivity index (χ1) is 12.3. The summed E-state index contributed by atoms with van der Waals surface area (Å²) in [6.45, 7) is 0. The lowest BCUT2D eigenvalue weighted by molar-refractivity contribution is 0.464. The summed E-state index contributed by atoms with van der Waals surface area (Å²) in [4.78, 5) is 0. The monoisotopic (exact) mass is 326 g/mol. The Morgan fingerprint density at radius 3 is 1.44 bits per heavy atom. The topological polar surface area (TPSA) is 20.2 Å². The van der Waals surface area contributed by atoms with E-state index in [2.05, 4.69) is 48.6 Å². The summed E-state index contributed by atoms with van der Waals surface area (Å²) in [7, 11) is 0. The van der Waals surface area contributed by atoms with Crippen LogP contribution in [0, 0.1) is 0 Å². The SMILES string of the molecule is Oc1c(C/C=C/c2ccccc2)cccc1C/C=C/c1ccccc1. The number of allylic oxidation sites excluding steroid dienone is 2. The highest BCUT2D eigenvalue weighted by Crippen LogP contribution is 2.24. The molecule has 0 atom stereocenters. The van der Waals surface area contributed by atoms with Gasteiger partial charge in [-0.25, -0.2) is 0 Å². The van der Waals surface area contributed by atoms with Crippen LogP contribution in [-0.2, 0) is 12.8 Å². The van der Waals surface area contributed by atoms with E-state index in [0.717, 1.165) is 24.0 Å². The summed E-state index contributed by atoms with van der Waals surface area (Å²) < 4.78 is 0. The molecule has 0 aliphatic rings. The molecule has 1 heteroatoms. The number of para-hydroxylation sites is 1. The van der Waals surface area contributed by atoms with Crippen LogP contribution in [0.4, 0.5) is 0 Å². The fourth-order valence-electron chi connectivity index (χ4n) is 2.75. The Morgan fingerprint density at radius 1 is 0.560 bits per heavy atom. The molecule has 0 amide bonds. The summed E-state index contributed by atoms with van der Waals surface area (Å²) in [6.07, 6.45) is 9.79. The Morgan fingerprint density at radius 2 is 1.00 bits per heavy atom. The lowest BCUT2D eigenvalue weighted by atomic mass is 10.0. The van der Waals surface area contributed by atoms with Crippen LogP contribution in [0.2, 0.25) is 0 Å². The third-order valence-corrected chi connectivity index (χ3v) is 4.10. The molecule has 0 aliphatic heterocycles. The Kier molecular flexibility index (Phi) is 5.84. The van der Waals surface area contributed by atoms with Crippen LogP contribution in [-0.4, -0.2) is 5.11 Å². The maximum absolute atomic E-state index is 10.5. The Labute approximate surface area is 149 Å². The van der Waals surface area contributed by atoms with E-state index in [-0.39, 0.29) is 0 Å². The highest BCUT2D eigenvalue weighted by Gasteiger charge is 2.04. The van der Waals surface area contributed by atoms with E-state index >= 15 is 0 Å². The molecule has 25 heavy (non-hydrogen) atoms. The van der Waals surface area contributed by atoms with Crippen LogP contribution in [0.1, 0.15) is 22.3 Å². The van der Waals surface area contributed by atoms with Gasteiger partial charge in [0.15, 0.2) is 0 Å². The van der Waals surface area contributed by atoms with Crippen molar-refractivity contribution in [1.29, 1.82) is 0 Å². The quantitative estimate of drug-likeness (QED) is 0.597. The predicted molar refractivity (Wildman–Crippen MR) is 106 cm³/mol. The summed E-state index contributed by atoms with van der Waals surface area (Å²) in [5.41, 5.74) is 4.25. The first-order valence-corrected chi connectivity index (χ1v) is 8.56. The minimum Gasteiger partial charge on any atom is -0.507 e. The molecule has 0 saturated carbocycles. The molecule has 1 nitrogen and oxygen atoms in total. The summed E-state index contributed by atoms with van der Waals surface area (Å²) in [5.74, 6) is 0.401. The lowest BCUT2D eigenvalue weighted by Gasteiger charge is -2.06. The zero-order valence-electron chi connectivity index (χ0n) is 14.2. The van der Waals surface area contributed by atoms with Crippen molar-refractivity contribution >= 4 is 12.2 Å². The van der Waals surface area contributed by atoms with Gasteiger partial charge in [0, 0.05) is 0 Å². The van der Waals surface area contributed by atoms with E-state index in [1.165, 1.54) is 11.1 Å². The molecule has 0 bridgehead atoms. The van der Waals surface area contributed by atoms with E-state index < -0.39 is 0 Å². The number of phenolic OH excluding ortho intramolecular Hbond substituents is 1. The highest BCUT2D eigenvalue weighted by atomic mass is 16.3. The Hall–Kier alpha value is -3.06. The van der Waals surface area contributed by atoms with Crippen LogP contribution in [0.25, 0.3) is 12.2 Å². The standard InChI is InChI=1S/C24H22O/c25-24-22(16-7-14-20-10-3-1-4-11-20)18-9-19-23(24)17-8-15-21-12-5-2-6-13-21/h1-15,18-19,25H,16-17H2/b14-7+,15-8+. The summed E-state index contributed by atoms with van der Waals surface area (Å²) >= 11 is 0. The number of hydrogen-bond donors (Lipinski definition) is 1. The van der Waals surface area contributed by atoms with E-state index in [9.17, 15) is 5.11 Å². The van der Waals surface area contributed by atoms with Crippen molar-refractivity contribution in [3.63, 3.8) is 0 Å². The number of rotatable bonds is 6. The van der Waals surface area contributed by atoms with Crippen molar-refractivity contribution in [2.75, 3.05) is 0 Å². The third kappa shape index (κ3) is 4.95. The van der Waals surface area contributed by atoms with Gasteiger partial charge < -0.3 is 5.11 Å². The van der Waals surface area contributed by atoms with Gasteiger partial charge in [-0.15, -0.1) is 0 Å². The maximum Gasteiger partial charge on any atom is 0.122 e. The zero-order chi connectivity index (χ0) is 17.3. The van der Waals surface area contributed by atoms with Crippen molar-refractivity contribution < 1.29 is 5.11 Å². The van der Waals surface area contributed by atoms with Crippen molar-refractivity contribution in [3.8, 4) is 5.75 Å². The van der Waals surface area contributed by atoms with E-state index in [1.54, 1.807) is 0 Å². The van der Waals surface area contributed by atoms with Crippen LogP contribution < -0.4 is 0 Å². The van der Waals surface area contributed by atoms with Crippen molar-refractivity contribution in [2.24, 2.45) is 0 Å². The molecule has 0 heterocycles. The highest BCUT2D eigenvalue weighted by molar-refractivity contribution is 5.52. The van der Waals surface area contributed by atoms with Gasteiger partial charge in [0.2, 0.25) is 0 Å². The van der Waals surface area contributed by atoms with Crippen LogP contribution in [0.5, 0.6) is 5.75 Å². The van der Waals surface area contributed by atoms with Gasteiger partial charge in [-0.3, -0.25) is 0 Å². The molecular formula is C24H22O. The fourth-order valence-corrected chi connectivity index (χ4v) is 2.75. The molecule has 0 fully saturated rings. The third-order valence-electron chi connectivity index (χ3n) is 4.10. The van der Waals surface area contributed by atoms with Crippen molar-refractivity contribution in [2.45, 2.75) is 12.8 Å². The maximum atomic E-state index is 10.5. The molecule has 124 valence electrons. The molecule has 0 unspecified atom stereocenters. The fraction of sp³-hybridized carbons (Fsp3) is 0.0833. The Balaban J connectivity index is 1.65. The van der Waals surface area contributed by atoms with Crippen LogP contribution in [0.15, 0.2) is 91.0 Å². The zero-order valence-corrected chi connectivity index (χ0v) is 14.2. The second-order valence-electron chi connectivity index (χ2n) is 5.96. The Bertz CT molecular complexity index is 776. The number of hydrogen-bond acceptors (Lipinski definition) is 1. The molecule has 0 spiro atoms. The summed E-state index contributed by atoms with van der Waals surface area (Å²) in [6, 6.07) is 26.4. The van der Waals surface area contributed by atoms with Crippen LogP contribution >= 0.6 is 0 Å². The molecule has 3 rings (SSSR count). The minimum absolute atomic E-state index is 0.401. The molecule has 3 aromatic rings. The second kappa shape index (κ2) is 8.70. The molecule has 3 aromatic carbocycles. The first-order valence-electron chi connectivity index (χ1n) is 8.56. The van der Waals surface area contributed by atoms with E-state index in [4.69, 9.17) is 0 Å². The number of aromatic hydroxyl groups is 1. The smallest absolute Gasteiger partial charge is 0.122 e. The molecule has 0 aliphatic carbocycles. The van der Waals surface area contributed by atoms with Gasteiger partial charge in [-0.2, -0.15) is 0 Å². The van der Waals surface area contributed by atoms with Gasteiger partial charge in [0.1, 0.15) is 5.75 Å². The lowest BCUT2D eigenvalue weighted by Crippen LogP contribution is -1.89. The molecule has 0 aromatic heterocycles. The average molecular weight is 326 g/mol. The molecule has 1 N–H and O–H groups in total. The van der Waals surface area contributed by atoms with E-state index in [0.29, 0.717) is 5.75 Å². The summed E-state index contributed by atoms with van der Waals surface area (Å²) in [5, 5.41) is 10.5. The predicted octanol–water partition coefficient (Wildman–Crippen LogP) is 5.90. The largest absolute Gasteiger partial charge is 0.507 e. The van der Waals surface area contributed by atoms with Crippen molar-refractivity contribution in [3.05, 3.63) is 113 Å². The van der Waals surface area contributed by atoms with Crippen molar-refractivity contribution in [1.82, 2.24) is 0 Å². The van der Waals surface area contributed by atoms with Gasteiger partial charge in [-0.1, -0.05) is 103 Å². The van der Waals surface area contributed by atoms with E-state index in [1.807, 2.05) is 54.6 Å². The molecule has 0 saturated heterocycles. The normalized spacial score (nSPS) is 11.4. The number of phenols is 1. The van der Waals surface area contributed by atoms with Gasteiger partial charge in [0.05, 0.1) is 0 Å². The molecule has 0 radical (unpaired) electrons. The molecular weight excluding hydrogens is 304 g/mol. The van der Waals surface area contributed by atoms with Gasteiger partial charge in [0.25, 0.3) is 0 Å². The average Bonchev–Trinajstić information content (AvgIpc) is 2.66. The minimum atomic E-state index is 0.401.